The topological polar surface area (TPSA) is 22.1 Å². The summed E-state index contributed by atoms with van der Waals surface area (Å²) >= 11 is -2.06. The SMILES string of the molecule is Cc1ccc2cccc([O][Ga][F])c2n1. The molecule has 1 aromatic heterocycles. The van der Waals surface area contributed by atoms with Gasteiger partial charge in [-0.05, 0) is 0 Å². The Bertz CT molecular complexity index is 461. The van der Waals surface area contributed by atoms with E-state index >= 15 is 0 Å². The number of nitrogens with zero attached hydrogens (tertiary/aromatic N) is 1. The molecule has 0 aliphatic heterocycles. The number of hydrogen-bond acceptors (Lipinski definition) is 2. The third-order valence-corrected chi connectivity index (χ3v) is 2.71. The molecular formula is C10H8FGaNO. The molecule has 0 aliphatic carbocycles. The van der Waals surface area contributed by atoms with E-state index < -0.39 is 18.3 Å². The van der Waals surface area contributed by atoms with Crippen molar-refractivity contribution >= 4 is 29.2 Å². The van der Waals surface area contributed by atoms with Crippen LogP contribution in [0.25, 0.3) is 10.9 Å². The molecule has 14 heavy (non-hydrogen) atoms. The van der Waals surface area contributed by atoms with E-state index in [1.807, 2.05) is 31.2 Å². The van der Waals surface area contributed by atoms with Crippen LogP contribution in [0.5, 0.6) is 5.75 Å². The molecule has 2 nitrogen and oxygen atoms in total. The van der Waals surface area contributed by atoms with Crippen molar-refractivity contribution in [3.05, 3.63) is 36.0 Å². The Hall–Kier alpha value is -1.00. The summed E-state index contributed by atoms with van der Waals surface area (Å²) in [4.78, 5) is 4.33. The molecule has 0 unspecified atom stereocenters. The maximum atomic E-state index is 12.2. The van der Waals surface area contributed by atoms with Gasteiger partial charge in [0.15, 0.2) is 0 Å². The minimum atomic E-state index is -2.06. The average molecular weight is 247 g/mol. The molecule has 0 aliphatic rings. The summed E-state index contributed by atoms with van der Waals surface area (Å²) in [5.74, 6) is 0.564. The standard InChI is InChI=1S/C10H9NO.FH.Ga/c1-7-5-6-8-3-2-4-9(12)10(8)11-7;;/h2-6,12H,1H3;1H;/q;;+2/p-2. The summed E-state index contributed by atoms with van der Waals surface area (Å²) in [7, 11) is 0. The summed E-state index contributed by atoms with van der Waals surface area (Å²) < 4.78 is 17.2. The number of hydrogen-bond donors (Lipinski definition) is 0. The van der Waals surface area contributed by atoms with Gasteiger partial charge in [-0.3, -0.25) is 0 Å². The number of benzene rings is 1. The molecule has 1 aromatic carbocycles. The van der Waals surface area contributed by atoms with Crippen molar-refractivity contribution in [2.24, 2.45) is 0 Å². The summed E-state index contributed by atoms with van der Waals surface area (Å²) in [6.45, 7) is 1.91. The van der Waals surface area contributed by atoms with E-state index in [0.717, 1.165) is 16.6 Å². The van der Waals surface area contributed by atoms with Crippen LogP contribution in [0.15, 0.2) is 30.3 Å². The van der Waals surface area contributed by atoms with Gasteiger partial charge in [-0.15, -0.1) is 0 Å². The third-order valence-electron chi connectivity index (χ3n) is 1.99. The first-order valence-electron chi connectivity index (χ1n) is 4.26. The fourth-order valence-corrected chi connectivity index (χ4v) is 1.96. The quantitative estimate of drug-likeness (QED) is 0.760. The number of aromatic nitrogens is 1. The predicted molar refractivity (Wildman–Crippen MR) is 54.0 cm³/mol. The van der Waals surface area contributed by atoms with Crippen LogP contribution >= 0.6 is 0 Å². The Morgan fingerprint density at radius 2 is 2.14 bits per heavy atom. The molecule has 0 N–H and O–H groups in total. The van der Waals surface area contributed by atoms with Gasteiger partial charge in [0.25, 0.3) is 0 Å². The molecule has 0 spiro atoms. The monoisotopic (exact) mass is 246 g/mol. The van der Waals surface area contributed by atoms with E-state index in [4.69, 9.17) is 3.53 Å². The van der Waals surface area contributed by atoms with Crippen molar-refractivity contribution in [1.82, 2.24) is 4.98 Å². The second-order valence-corrected chi connectivity index (χ2v) is 3.86. The summed E-state index contributed by atoms with van der Waals surface area (Å²) in [6, 6.07) is 9.44. The molecule has 4 heteroatoms. The van der Waals surface area contributed by atoms with Crippen LogP contribution in [-0.2, 0) is 0 Å². The molecule has 1 radical (unpaired) electrons. The molecule has 0 bridgehead atoms. The number of aryl methyl sites for hydroxylation is 1. The Balaban J connectivity index is 2.64. The number of halogens is 1. The second kappa shape index (κ2) is 4.02. The molecule has 2 rings (SSSR count). The molecule has 0 fully saturated rings. The Morgan fingerprint density at radius 3 is 2.93 bits per heavy atom. The van der Waals surface area contributed by atoms with Gasteiger partial charge in [-0.25, -0.2) is 0 Å². The average Bonchev–Trinajstić information content (AvgIpc) is 2.19. The zero-order chi connectivity index (χ0) is 9.97. The van der Waals surface area contributed by atoms with Crippen LogP contribution < -0.4 is 3.53 Å². The van der Waals surface area contributed by atoms with Crippen LogP contribution in [0.2, 0.25) is 0 Å². The van der Waals surface area contributed by atoms with E-state index in [-0.39, 0.29) is 0 Å². The Labute approximate surface area is 89.9 Å². The minimum absolute atomic E-state index is 0.564. The molecule has 0 saturated heterocycles. The van der Waals surface area contributed by atoms with Crippen LogP contribution in [0.3, 0.4) is 0 Å². The molecular weight excluding hydrogens is 239 g/mol. The Kier molecular flexibility index (Phi) is 2.74. The molecule has 2 aromatic rings. The summed E-state index contributed by atoms with van der Waals surface area (Å²) in [5.41, 5.74) is 1.67. The van der Waals surface area contributed by atoms with Crippen molar-refractivity contribution in [3.8, 4) is 5.75 Å². The first-order valence-corrected chi connectivity index (χ1v) is 6.16. The molecule has 0 atom stereocenters. The van der Waals surface area contributed by atoms with E-state index in [2.05, 4.69) is 4.98 Å². The molecule has 69 valence electrons. The summed E-state index contributed by atoms with van der Waals surface area (Å²) in [5, 5.41) is 0.985. The van der Waals surface area contributed by atoms with Gasteiger partial charge in [0, 0.05) is 0 Å². The third kappa shape index (κ3) is 1.76. The zero-order valence-electron chi connectivity index (χ0n) is 7.70. The van der Waals surface area contributed by atoms with Crippen LogP contribution in [0, 0.1) is 6.92 Å². The zero-order valence-corrected chi connectivity index (χ0v) is 10.1. The normalized spacial score (nSPS) is 10.1. The second-order valence-electron chi connectivity index (χ2n) is 2.99. The van der Waals surface area contributed by atoms with E-state index in [0.29, 0.717) is 5.75 Å². The van der Waals surface area contributed by atoms with Gasteiger partial charge < -0.3 is 0 Å². The fourth-order valence-electron chi connectivity index (χ4n) is 1.36. The van der Waals surface area contributed by atoms with Crippen LogP contribution in [-0.4, -0.2) is 23.3 Å². The number of para-hydroxylation sites is 1. The van der Waals surface area contributed by atoms with Crippen molar-refractivity contribution in [3.63, 3.8) is 0 Å². The van der Waals surface area contributed by atoms with Gasteiger partial charge in [0.05, 0.1) is 0 Å². The van der Waals surface area contributed by atoms with Gasteiger partial charge in [0.2, 0.25) is 0 Å². The number of pyridine rings is 1. The van der Waals surface area contributed by atoms with Crippen molar-refractivity contribution in [1.29, 1.82) is 0 Å². The van der Waals surface area contributed by atoms with Crippen LogP contribution in [0.4, 0.5) is 3.29 Å². The van der Waals surface area contributed by atoms with Gasteiger partial charge in [-0.1, -0.05) is 0 Å². The van der Waals surface area contributed by atoms with Gasteiger partial charge in [0.1, 0.15) is 0 Å². The first-order chi connectivity index (χ1) is 6.81. The van der Waals surface area contributed by atoms with E-state index in [1.165, 1.54) is 0 Å². The van der Waals surface area contributed by atoms with Crippen molar-refractivity contribution < 1.29 is 6.81 Å². The van der Waals surface area contributed by atoms with Gasteiger partial charge >= 0.3 is 89.7 Å². The van der Waals surface area contributed by atoms with E-state index in [9.17, 15) is 3.29 Å². The van der Waals surface area contributed by atoms with E-state index in [1.54, 1.807) is 6.07 Å². The van der Waals surface area contributed by atoms with Crippen LogP contribution in [0.1, 0.15) is 5.69 Å². The van der Waals surface area contributed by atoms with Crippen molar-refractivity contribution in [2.75, 3.05) is 0 Å². The van der Waals surface area contributed by atoms with Gasteiger partial charge in [-0.2, -0.15) is 0 Å². The predicted octanol–water partition coefficient (Wildman–Crippen LogP) is 2.43. The molecule has 0 amide bonds. The Morgan fingerprint density at radius 1 is 1.29 bits per heavy atom. The number of fused-ring (bicyclic) bond motifs is 1. The maximum absolute atomic E-state index is 12.2. The fraction of sp³-hybridized carbons (Fsp3) is 0.100. The number of rotatable bonds is 2. The molecule has 0 saturated carbocycles. The van der Waals surface area contributed by atoms with Crippen molar-refractivity contribution in [2.45, 2.75) is 6.92 Å². The first kappa shape index (κ1) is 9.55. The molecule has 1 heterocycles. The summed E-state index contributed by atoms with van der Waals surface area (Å²) in [6.07, 6.45) is 0.